The van der Waals surface area contributed by atoms with Gasteiger partial charge in [0.1, 0.15) is 0 Å². The maximum atomic E-state index is 2.68. The average Bonchev–Trinajstić information content (AvgIpc) is 3.66. The number of hydrogen-bond donors (Lipinski definition) is 0. The van der Waals surface area contributed by atoms with Gasteiger partial charge in [-0.2, -0.15) is 0 Å². The van der Waals surface area contributed by atoms with Gasteiger partial charge >= 0.3 is 0 Å². The maximum absolute atomic E-state index is 2.68. The summed E-state index contributed by atoms with van der Waals surface area (Å²) in [6.45, 7) is 0. The highest BCUT2D eigenvalue weighted by Gasteiger charge is 2.32. The van der Waals surface area contributed by atoms with Crippen LogP contribution < -0.4 is 0 Å². The van der Waals surface area contributed by atoms with Crippen LogP contribution in [0.5, 0.6) is 0 Å². The molecule has 2 saturated carbocycles. The van der Waals surface area contributed by atoms with Gasteiger partial charge in [0, 0.05) is 0 Å². The summed E-state index contributed by atoms with van der Waals surface area (Å²) >= 11 is 0. The summed E-state index contributed by atoms with van der Waals surface area (Å²) in [5.74, 6) is 1.19. The molecule has 0 nitrogen and oxygen atoms in total. The molecule has 0 heteroatoms. The van der Waals surface area contributed by atoms with Gasteiger partial charge in [0.05, 0.1) is 0 Å². The average molecular weight is 617 g/mol. The molecule has 0 atom stereocenters. The Morgan fingerprint density at radius 2 is 0.833 bits per heavy atom. The molecular weight excluding hydrogens is 577 g/mol. The van der Waals surface area contributed by atoms with E-state index < -0.39 is 0 Å². The molecule has 0 aromatic heterocycles. The third-order valence-electron chi connectivity index (χ3n) is 12.7. The Morgan fingerprint density at radius 1 is 0.312 bits per heavy atom. The van der Waals surface area contributed by atoms with Crippen LogP contribution in [0, 0.1) is 0 Å². The summed E-state index contributed by atoms with van der Waals surface area (Å²) in [4.78, 5) is 0. The predicted molar refractivity (Wildman–Crippen MR) is 208 cm³/mol. The molecule has 0 heterocycles. The maximum Gasteiger partial charge on any atom is -0.00198 e. The number of rotatable bonds is 3. The first-order valence-corrected chi connectivity index (χ1v) is 18.7. The lowest BCUT2D eigenvalue weighted by atomic mass is 9.74. The molecule has 0 aliphatic heterocycles. The van der Waals surface area contributed by atoms with Crippen molar-refractivity contribution in [2.75, 3.05) is 0 Å². The molecule has 2 aliphatic rings. The van der Waals surface area contributed by atoms with E-state index in [1.807, 2.05) is 0 Å². The summed E-state index contributed by atoms with van der Waals surface area (Å²) in [5, 5.41) is 20.9. The van der Waals surface area contributed by atoms with Crippen LogP contribution in [0.3, 0.4) is 0 Å². The summed E-state index contributed by atoms with van der Waals surface area (Å²) < 4.78 is 0. The Kier molecular flexibility index (Phi) is 5.92. The number of benzene rings is 7. The molecule has 2 fully saturated rings. The van der Waals surface area contributed by atoms with E-state index in [1.54, 1.807) is 32.7 Å². The van der Waals surface area contributed by atoms with Gasteiger partial charge in [0.25, 0.3) is 0 Å². The van der Waals surface area contributed by atoms with E-state index in [-0.39, 0.29) is 0 Å². The minimum Gasteiger partial charge on any atom is -0.0622 e. The molecule has 0 bridgehead atoms. The van der Waals surface area contributed by atoms with Crippen LogP contribution in [-0.2, 0) is 0 Å². The van der Waals surface area contributed by atoms with Crippen molar-refractivity contribution in [3.8, 4) is 11.1 Å². The largest absolute Gasteiger partial charge is 0.0622 e. The fraction of sp³-hybridized carbons (Fsp3) is 0.250. The van der Waals surface area contributed by atoms with Crippen molar-refractivity contribution >= 4 is 75.4 Å². The fourth-order valence-electron chi connectivity index (χ4n) is 10.8. The minimum absolute atomic E-state index is 0.592. The zero-order chi connectivity index (χ0) is 31.3. The molecule has 0 radical (unpaired) electrons. The van der Waals surface area contributed by atoms with E-state index in [0.717, 1.165) is 0 Å². The highest BCUT2D eigenvalue weighted by atomic mass is 14.3. The lowest BCUT2D eigenvalue weighted by molar-refractivity contribution is 0.445. The third kappa shape index (κ3) is 3.67. The lowest BCUT2D eigenvalue weighted by Gasteiger charge is -2.30. The van der Waals surface area contributed by atoms with Crippen molar-refractivity contribution in [2.24, 2.45) is 0 Å². The van der Waals surface area contributed by atoms with Crippen molar-refractivity contribution in [1.29, 1.82) is 0 Å². The van der Waals surface area contributed by atoms with E-state index in [4.69, 9.17) is 0 Å². The smallest absolute Gasteiger partial charge is 0.00198 e. The quantitative estimate of drug-likeness (QED) is 0.173. The molecular formula is C48H40. The first-order valence-electron chi connectivity index (χ1n) is 18.7. The molecule has 48 heavy (non-hydrogen) atoms. The SMILES string of the molecule is c1ccc(-c2ccc3c4c(C5CCCCC5)c5cc6c7ccccc7c7cccc(c5c(C5CCCCC5)c4c4cccc2c34)c76)cc1. The number of fused-ring (bicyclic) bond motifs is 8. The lowest BCUT2D eigenvalue weighted by Crippen LogP contribution is -2.10. The predicted octanol–water partition coefficient (Wildman–Crippen LogP) is 14.4. The van der Waals surface area contributed by atoms with Crippen LogP contribution in [0.1, 0.15) is 87.2 Å². The molecule has 0 N–H and O–H groups in total. The minimum atomic E-state index is 0.592. The Bertz CT molecular complexity index is 2660. The zero-order valence-corrected chi connectivity index (χ0v) is 27.6. The van der Waals surface area contributed by atoms with Gasteiger partial charge in [0.15, 0.2) is 0 Å². The molecule has 0 saturated heterocycles. The van der Waals surface area contributed by atoms with Crippen molar-refractivity contribution in [1.82, 2.24) is 0 Å². The van der Waals surface area contributed by atoms with Gasteiger partial charge in [-0.3, -0.25) is 0 Å². The first-order chi connectivity index (χ1) is 23.9. The summed E-state index contributed by atoms with van der Waals surface area (Å²) in [6.07, 6.45) is 13.3. The normalized spacial score (nSPS) is 17.0. The summed E-state index contributed by atoms with van der Waals surface area (Å²) in [6, 6.07) is 42.3. The van der Waals surface area contributed by atoms with Crippen molar-refractivity contribution < 1.29 is 0 Å². The van der Waals surface area contributed by atoms with Gasteiger partial charge < -0.3 is 0 Å². The van der Waals surface area contributed by atoms with Crippen molar-refractivity contribution in [3.05, 3.63) is 120 Å². The molecule has 2 aliphatic carbocycles. The van der Waals surface area contributed by atoms with Gasteiger partial charge in [0.2, 0.25) is 0 Å². The zero-order valence-electron chi connectivity index (χ0n) is 27.6. The molecule has 9 aromatic carbocycles. The highest BCUT2D eigenvalue weighted by molar-refractivity contribution is 6.40. The molecule has 232 valence electrons. The van der Waals surface area contributed by atoms with E-state index in [0.29, 0.717) is 11.8 Å². The van der Waals surface area contributed by atoms with Crippen molar-refractivity contribution in [3.63, 3.8) is 0 Å². The second kappa shape index (κ2) is 10.4. The van der Waals surface area contributed by atoms with Gasteiger partial charge in [-0.15, -0.1) is 0 Å². The first kappa shape index (κ1) is 27.3. The highest BCUT2D eigenvalue weighted by Crippen LogP contribution is 2.55. The Hall–Kier alpha value is -4.68. The standard InChI is InChI=1S/C48H40/c1-4-14-29(15-5-1)32-26-27-39-44-35(32)22-12-25-38(44)48-43(31-18-8-3-9-19-31)46-37-24-13-23-36-33-20-10-11-21-34(33)40(45(36)37)28-41(46)42(47(39)48)30-16-6-2-7-17-30/h1,4-5,10-15,20-28,30-31H,2-3,6-9,16-19H2. The van der Waals surface area contributed by atoms with Crippen molar-refractivity contribution in [2.45, 2.75) is 76.0 Å². The molecule has 0 amide bonds. The molecule has 11 rings (SSSR count). The van der Waals surface area contributed by atoms with E-state index >= 15 is 0 Å². The second-order valence-electron chi connectivity index (χ2n) is 15.1. The van der Waals surface area contributed by atoms with Gasteiger partial charge in [-0.05, 0) is 141 Å². The number of hydrogen-bond acceptors (Lipinski definition) is 0. The van der Waals surface area contributed by atoms with Crippen LogP contribution >= 0.6 is 0 Å². The Morgan fingerprint density at radius 3 is 1.56 bits per heavy atom. The third-order valence-corrected chi connectivity index (χ3v) is 12.7. The monoisotopic (exact) mass is 616 g/mol. The van der Waals surface area contributed by atoms with E-state index in [2.05, 4.69) is 109 Å². The molecule has 9 aromatic rings. The Balaban J connectivity index is 1.41. The summed E-state index contributed by atoms with van der Waals surface area (Å²) in [5.41, 5.74) is 6.00. The van der Waals surface area contributed by atoms with Crippen LogP contribution in [0.2, 0.25) is 0 Å². The van der Waals surface area contributed by atoms with E-state index in [1.165, 1.54) is 129 Å². The van der Waals surface area contributed by atoms with Gasteiger partial charge in [-0.25, -0.2) is 0 Å². The summed E-state index contributed by atoms with van der Waals surface area (Å²) in [7, 11) is 0. The van der Waals surface area contributed by atoms with Crippen LogP contribution in [0.25, 0.3) is 86.5 Å². The van der Waals surface area contributed by atoms with E-state index in [9.17, 15) is 0 Å². The molecule has 0 unspecified atom stereocenters. The van der Waals surface area contributed by atoms with Gasteiger partial charge in [-0.1, -0.05) is 142 Å². The van der Waals surface area contributed by atoms with Crippen LogP contribution in [0.15, 0.2) is 109 Å². The fourth-order valence-corrected chi connectivity index (χ4v) is 10.8. The molecule has 0 spiro atoms. The van der Waals surface area contributed by atoms with Crippen LogP contribution in [-0.4, -0.2) is 0 Å². The Labute approximate surface area is 282 Å². The van der Waals surface area contributed by atoms with Crippen LogP contribution in [0.4, 0.5) is 0 Å². The topological polar surface area (TPSA) is 0 Å². The second-order valence-corrected chi connectivity index (χ2v) is 15.1.